The highest BCUT2D eigenvalue weighted by Crippen LogP contribution is 2.27. The van der Waals surface area contributed by atoms with Gasteiger partial charge >= 0.3 is 5.69 Å². The lowest BCUT2D eigenvalue weighted by molar-refractivity contribution is -0.386. The number of hydrogen-bond acceptors (Lipinski definition) is 5. The second-order valence-corrected chi connectivity index (χ2v) is 3.03. The first-order chi connectivity index (χ1) is 7.16. The molecular formula is C9H13N3O3. The molecule has 0 atom stereocenters. The lowest BCUT2D eigenvalue weighted by Crippen LogP contribution is -2.08. The number of nitrogens with two attached hydrogens (primary N) is 1. The molecule has 0 aliphatic rings. The van der Waals surface area contributed by atoms with Gasteiger partial charge in [0.1, 0.15) is 0 Å². The first kappa shape index (κ1) is 11.4. The summed E-state index contributed by atoms with van der Waals surface area (Å²) in [5, 5.41) is 10.7. The summed E-state index contributed by atoms with van der Waals surface area (Å²) in [6, 6.07) is 1.58. The van der Waals surface area contributed by atoms with E-state index in [2.05, 4.69) is 4.98 Å². The van der Waals surface area contributed by atoms with Gasteiger partial charge in [-0.2, -0.15) is 0 Å². The van der Waals surface area contributed by atoms with Gasteiger partial charge in [0.2, 0.25) is 0 Å². The Hall–Kier alpha value is -1.69. The van der Waals surface area contributed by atoms with Crippen LogP contribution in [0, 0.1) is 17.0 Å². The Morgan fingerprint density at radius 1 is 1.67 bits per heavy atom. The van der Waals surface area contributed by atoms with Gasteiger partial charge in [-0.15, -0.1) is 0 Å². The summed E-state index contributed by atoms with van der Waals surface area (Å²) in [6.45, 7) is 2.48. The van der Waals surface area contributed by atoms with Crippen LogP contribution in [0.4, 0.5) is 5.69 Å². The van der Waals surface area contributed by atoms with Crippen LogP contribution in [-0.2, 0) is 0 Å². The predicted molar refractivity (Wildman–Crippen MR) is 54.8 cm³/mol. The van der Waals surface area contributed by atoms with E-state index < -0.39 is 4.92 Å². The van der Waals surface area contributed by atoms with Crippen molar-refractivity contribution in [2.75, 3.05) is 13.2 Å². The average molecular weight is 211 g/mol. The Morgan fingerprint density at radius 2 is 2.40 bits per heavy atom. The number of ether oxygens (including phenoxy) is 1. The van der Waals surface area contributed by atoms with Crippen molar-refractivity contribution in [1.29, 1.82) is 0 Å². The van der Waals surface area contributed by atoms with Gasteiger partial charge in [0, 0.05) is 11.8 Å². The molecular weight excluding hydrogens is 198 g/mol. The van der Waals surface area contributed by atoms with Gasteiger partial charge in [-0.1, -0.05) is 0 Å². The molecule has 0 bridgehead atoms. The number of pyridine rings is 1. The van der Waals surface area contributed by atoms with Crippen molar-refractivity contribution >= 4 is 5.69 Å². The maximum absolute atomic E-state index is 10.7. The number of rotatable bonds is 5. The monoisotopic (exact) mass is 211 g/mol. The topological polar surface area (TPSA) is 91.3 Å². The maximum Gasteiger partial charge on any atom is 0.333 e. The molecule has 1 aromatic rings. The van der Waals surface area contributed by atoms with Crippen molar-refractivity contribution < 1.29 is 9.66 Å². The predicted octanol–water partition coefficient (Wildman–Crippen LogP) is 1.03. The van der Waals surface area contributed by atoms with E-state index >= 15 is 0 Å². The first-order valence-corrected chi connectivity index (χ1v) is 4.59. The zero-order valence-corrected chi connectivity index (χ0v) is 8.47. The minimum absolute atomic E-state index is 0.0634. The van der Waals surface area contributed by atoms with E-state index in [-0.39, 0.29) is 11.6 Å². The van der Waals surface area contributed by atoms with E-state index in [0.717, 1.165) is 0 Å². The summed E-state index contributed by atoms with van der Waals surface area (Å²) in [4.78, 5) is 14.1. The van der Waals surface area contributed by atoms with Gasteiger partial charge in [0.15, 0.2) is 0 Å². The number of aryl methyl sites for hydroxylation is 1. The Labute approximate surface area is 87.2 Å². The summed E-state index contributed by atoms with van der Waals surface area (Å²) in [6.07, 6.45) is 2.13. The molecule has 1 aromatic heterocycles. The number of nitrogens with zero attached hydrogens (tertiary/aromatic N) is 2. The van der Waals surface area contributed by atoms with Crippen molar-refractivity contribution in [3.63, 3.8) is 0 Å². The van der Waals surface area contributed by atoms with Crippen LogP contribution in [-0.4, -0.2) is 23.1 Å². The summed E-state index contributed by atoms with van der Waals surface area (Å²) < 4.78 is 5.19. The van der Waals surface area contributed by atoms with E-state index in [9.17, 15) is 10.1 Å². The highest BCUT2D eigenvalue weighted by molar-refractivity contribution is 5.47. The molecule has 0 radical (unpaired) electrons. The third-order valence-electron chi connectivity index (χ3n) is 1.86. The van der Waals surface area contributed by atoms with Crippen LogP contribution >= 0.6 is 0 Å². The molecule has 0 fully saturated rings. The molecule has 82 valence electrons. The van der Waals surface area contributed by atoms with Gasteiger partial charge in [-0.3, -0.25) is 10.1 Å². The molecule has 0 amide bonds. The van der Waals surface area contributed by atoms with Gasteiger partial charge in [0.05, 0.1) is 11.5 Å². The third kappa shape index (κ3) is 2.88. The van der Waals surface area contributed by atoms with E-state index in [4.69, 9.17) is 10.5 Å². The molecule has 0 aromatic carbocycles. The van der Waals surface area contributed by atoms with E-state index in [1.54, 1.807) is 13.0 Å². The van der Waals surface area contributed by atoms with Crippen LogP contribution in [0.1, 0.15) is 12.0 Å². The zero-order valence-electron chi connectivity index (χ0n) is 8.47. The van der Waals surface area contributed by atoms with E-state index in [1.807, 2.05) is 0 Å². The summed E-state index contributed by atoms with van der Waals surface area (Å²) in [5.41, 5.74) is 5.75. The van der Waals surface area contributed by atoms with Crippen molar-refractivity contribution in [3.05, 3.63) is 27.9 Å². The number of aromatic nitrogens is 1. The molecule has 0 saturated heterocycles. The average Bonchev–Trinajstić information content (AvgIpc) is 2.17. The smallest absolute Gasteiger partial charge is 0.333 e. The normalized spacial score (nSPS) is 10.0. The van der Waals surface area contributed by atoms with Crippen LogP contribution < -0.4 is 10.5 Å². The lowest BCUT2D eigenvalue weighted by Gasteiger charge is -2.05. The van der Waals surface area contributed by atoms with Crippen molar-refractivity contribution in [3.8, 4) is 5.88 Å². The number of nitro groups is 1. The Bertz CT molecular complexity index is 354. The van der Waals surface area contributed by atoms with Crippen LogP contribution in [0.2, 0.25) is 0 Å². The Kier molecular flexibility index (Phi) is 3.99. The van der Waals surface area contributed by atoms with Gasteiger partial charge in [-0.05, 0) is 26.0 Å². The molecule has 15 heavy (non-hydrogen) atoms. The molecule has 1 heterocycles. The quantitative estimate of drug-likeness (QED) is 0.446. The molecule has 0 aliphatic heterocycles. The SMILES string of the molecule is Cc1ccnc(OCCCN)c1[N+](=O)[O-]. The van der Waals surface area contributed by atoms with Crippen molar-refractivity contribution in [1.82, 2.24) is 4.98 Å². The largest absolute Gasteiger partial charge is 0.473 e. The fourth-order valence-electron chi connectivity index (χ4n) is 1.11. The Balaban J connectivity index is 2.86. The molecule has 0 saturated carbocycles. The zero-order chi connectivity index (χ0) is 11.3. The van der Waals surface area contributed by atoms with Crippen molar-refractivity contribution in [2.45, 2.75) is 13.3 Å². The third-order valence-corrected chi connectivity index (χ3v) is 1.86. The highest BCUT2D eigenvalue weighted by atomic mass is 16.6. The molecule has 6 nitrogen and oxygen atoms in total. The van der Waals surface area contributed by atoms with Crippen molar-refractivity contribution in [2.24, 2.45) is 5.73 Å². The molecule has 0 unspecified atom stereocenters. The molecule has 1 rings (SSSR count). The van der Waals surface area contributed by atoms with E-state index in [0.29, 0.717) is 25.1 Å². The summed E-state index contributed by atoms with van der Waals surface area (Å²) in [5.74, 6) is 0.0634. The highest BCUT2D eigenvalue weighted by Gasteiger charge is 2.19. The van der Waals surface area contributed by atoms with Crippen LogP contribution in [0.25, 0.3) is 0 Å². The maximum atomic E-state index is 10.7. The molecule has 2 N–H and O–H groups in total. The fraction of sp³-hybridized carbons (Fsp3) is 0.444. The van der Waals surface area contributed by atoms with Gasteiger partial charge in [0.25, 0.3) is 5.88 Å². The molecule has 0 spiro atoms. The fourth-order valence-corrected chi connectivity index (χ4v) is 1.11. The van der Waals surface area contributed by atoms with E-state index in [1.165, 1.54) is 6.20 Å². The first-order valence-electron chi connectivity index (χ1n) is 4.59. The standard InChI is InChI=1S/C9H13N3O3/c1-7-3-5-11-9(8(7)12(13)14)15-6-2-4-10/h3,5H,2,4,6,10H2,1H3. The molecule has 6 heteroatoms. The van der Waals surface area contributed by atoms with Crippen LogP contribution in [0.5, 0.6) is 5.88 Å². The Morgan fingerprint density at radius 3 is 3.00 bits per heavy atom. The lowest BCUT2D eigenvalue weighted by atomic mass is 10.2. The minimum atomic E-state index is -0.486. The van der Waals surface area contributed by atoms with Gasteiger partial charge in [-0.25, -0.2) is 4.98 Å². The van der Waals surface area contributed by atoms with Crippen LogP contribution in [0.15, 0.2) is 12.3 Å². The minimum Gasteiger partial charge on any atom is -0.473 e. The second kappa shape index (κ2) is 5.26. The summed E-state index contributed by atoms with van der Waals surface area (Å²) >= 11 is 0. The second-order valence-electron chi connectivity index (χ2n) is 3.03. The van der Waals surface area contributed by atoms with Gasteiger partial charge < -0.3 is 10.5 Å². The van der Waals surface area contributed by atoms with Crippen LogP contribution in [0.3, 0.4) is 0 Å². The number of hydrogen-bond donors (Lipinski definition) is 1. The molecule has 0 aliphatic carbocycles. The summed E-state index contributed by atoms with van der Waals surface area (Å²) in [7, 11) is 0.